The first kappa shape index (κ1) is 23.4. The van der Waals surface area contributed by atoms with E-state index in [9.17, 15) is 14.4 Å². The smallest absolute Gasteiger partial charge is 0.344 e. The second-order valence-corrected chi connectivity index (χ2v) is 8.94. The molecule has 4 aromatic rings. The van der Waals surface area contributed by atoms with E-state index in [2.05, 4.69) is 0 Å². The molecule has 1 fully saturated rings. The number of hydrogen-bond acceptors (Lipinski definition) is 6. The van der Waals surface area contributed by atoms with Gasteiger partial charge in [-0.15, -0.1) is 0 Å². The van der Waals surface area contributed by atoms with Gasteiger partial charge < -0.3 is 9.47 Å². The minimum Gasteiger partial charge on any atom is -0.492 e. The van der Waals surface area contributed by atoms with Gasteiger partial charge in [-0.3, -0.25) is 14.5 Å². The highest BCUT2D eigenvalue weighted by Crippen LogP contribution is 2.34. The van der Waals surface area contributed by atoms with Crippen molar-refractivity contribution in [3.8, 4) is 11.5 Å². The molecular weight excluding hydrogens is 474 g/mol. The van der Waals surface area contributed by atoms with Crippen molar-refractivity contribution in [2.75, 3.05) is 13.2 Å². The maximum Gasteiger partial charge on any atom is 0.344 e. The van der Waals surface area contributed by atoms with Gasteiger partial charge in [-0.1, -0.05) is 72.8 Å². The molecule has 0 radical (unpaired) electrons. The first-order valence-electron chi connectivity index (χ1n) is 11.3. The zero-order valence-corrected chi connectivity index (χ0v) is 19.9. The molecule has 1 saturated heterocycles. The van der Waals surface area contributed by atoms with E-state index in [1.165, 1.54) is 0 Å². The second-order valence-electron chi connectivity index (χ2n) is 7.95. The third-order valence-corrected chi connectivity index (χ3v) is 6.53. The Hall–Kier alpha value is -4.36. The van der Waals surface area contributed by atoms with Crippen LogP contribution in [0.5, 0.6) is 11.5 Å². The number of para-hydroxylation sites is 2. The largest absolute Gasteiger partial charge is 0.492 e. The van der Waals surface area contributed by atoms with E-state index < -0.39 is 11.9 Å². The fourth-order valence-corrected chi connectivity index (χ4v) is 4.71. The summed E-state index contributed by atoms with van der Waals surface area (Å²) in [4.78, 5) is 39.8. The summed E-state index contributed by atoms with van der Waals surface area (Å²) in [5.74, 6) is 0.0623. The normalized spacial score (nSPS) is 14.4. The summed E-state index contributed by atoms with van der Waals surface area (Å²) < 4.78 is 11.4. The lowest BCUT2D eigenvalue weighted by Crippen LogP contribution is -2.32. The maximum absolute atomic E-state index is 13.0. The predicted octanol–water partition coefficient (Wildman–Crippen LogP) is 6.17. The van der Waals surface area contributed by atoms with Gasteiger partial charge in [0.25, 0.3) is 11.1 Å². The van der Waals surface area contributed by atoms with Gasteiger partial charge in [-0.25, -0.2) is 4.79 Å². The lowest BCUT2D eigenvalue weighted by Gasteiger charge is -2.13. The number of rotatable bonds is 7. The minimum atomic E-state index is -0.501. The molecule has 0 N–H and O–H groups in total. The van der Waals surface area contributed by atoms with E-state index in [0.717, 1.165) is 27.4 Å². The molecule has 7 heteroatoms. The van der Waals surface area contributed by atoms with Crippen molar-refractivity contribution in [2.24, 2.45) is 0 Å². The topological polar surface area (TPSA) is 72.9 Å². The van der Waals surface area contributed by atoms with Crippen molar-refractivity contribution >= 4 is 45.7 Å². The SMILES string of the molecule is O=C(Oc1ccccc1/C=C1\SC(=O)N(CCOc2ccccc2)C1=O)c1cccc2ccccc12. The first-order chi connectivity index (χ1) is 17.6. The molecule has 178 valence electrons. The lowest BCUT2D eigenvalue weighted by molar-refractivity contribution is -0.123. The average molecular weight is 496 g/mol. The molecule has 0 atom stereocenters. The second kappa shape index (κ2) is 10.5. The van der Waals surface area contributed by atoms with Crippen LogP contribution in [0.1, 0.15) is 15.9 Å². The van der Waals surface area contributed by atoms with Gasteiger partial charge in [-0.05, 0) is 52.9 Å². The Bertz CT molecular complexity index is 1480. The number of amides is 2. The van der Waals surface area contributed by atoms with Crippen molar-refractivity contribution < 1.29 is 23.9 Å². The van der Waals surface area contributed by atoms with E-state index in [4.69, 9.17) is 9.47 Å². The molecule has 0 bridgehead atoms. The molecule has 6 nitrogen and oxygen atoms in total. The molecule has 0 unspecified atom stereocenters. The lowest BCUT2D eigenvalue weighted by atomic mass is 10.0. The summed E-state index contributed by atoms with van der Waals surface area (Å²) in [7, 11) is 0. The van der Waals surface area contributed by atoms with Crippen molar-refractivity contribution in [1.29, 1.82) is 0 Å². The standard InChI is InChI=1S/C29H21NO5S/c31-27-26(36-29(33)30(27)17-18-34-22-12-2-1-3-13-22)19-21-10-5-7-16-25(21)35-28(32)24-15-8-11-20-9-4-6-14-23(20)24/h1-16,19H,17-18H2/b26-19-. The molecule has 5 rings (SSSR count). The van der Waals surface area contributed by atoms with E-state index in [0.29, 0.717) is 22.6 Å². The van der Waals surface area contributed by atoms with Crippen LogP contribution in [0.3, 0.4) is 0 Å². The number of thioether (sulfide) groups is 1. The average Bonchev–Trinajstić information content (AvgIpc) is 3.17. The third kappa shape index (κ3) is 5.01. The van der Waals surface area contributed by atoms with Gasteiger partial charge in [0.05, 0.1) is 17.0 Å². The van der Waals surface area contributed by atoms with Gasteiger partial charge in [0, 0.05) is 5.56 Å². The van der Waals surface area contributed by atoms with Crippen LogP contribution in [0.15, 0.2) is 102 Å². The molecule has 36 heavy (non-hydrogen) atoms. The monoisotopic (exact) mass is 495 g/mol. The summed E-state index contributed by atoms with van der Waals surface area (Å²) in [5.41, 5.74) is 0.971. The Morgan fingerprint density at radius 1 is 0.833 bits per heavy atom. The first-order valence-corrected chi connectivity index (χ1v) is 12.1. The molecule has 1 heterocycles. The molecule has 0 saturated carbocycles. The molecule has 1 aliphatic heterocycles. The van der Waals surface area contributed by atoms with Crippen LogP contribution >= 0.6 is 11.8 Å². The van der Waals surface area contributed by atoms with E-state index in [1.807, 2.05) is 66.7 Å². The quantitative estimate of drug-likeness (QED) is 0.173. The van der Waals surface area contributed by atoms with Crippen molar-refractivity contribution in [2.45, 2.75) is 0 Å². The maximum atomic E-state index is 13.0. The fraction of sp³-hybridized carbons (Fsp3) is 0.0690. The number of carbonyl (C=O) groups excluding carboxylic acids is 3. The van der Waals surface area contributed by atoms with Gasteiger partial charge in [0.2, 0.25) is 0 Å². The number of nitrogens with zero attached hydrogens (tertiary/aromatic N) is 1. The van der Waals surface area contributed by atoms with Gasteiger partial charge >= 0.3 is 5.97 Å². The van der Waals surface area contributed by atoms with Crippen molar-refractivity contribution in [3.05, 3.63) is 113 Å². The highest BCUT2D eigenvalue weighted by atomic mass is 32.2. The van der Waals surface area contributed by atoms with Gasteiger partial charge in [-0.2, -0.15) is 0 Å². The number of benzene rings is 4. The minimum absolute atomic E-state index is 0.134. The van der Waals surface area contributed by atoms with Crippen LogP contribution in [0.25, 0.3) is 16.8 Å². The molecule has 1 aliphatic rings. The summed E-state index contributed by atoms with van der Waals surface area (Å²) >= 11 is 0.851. The van der Waals surface area contributed by atoms with Crippen LogP contribution in [-0.4, -0.2) is 35.2 Å². The third-order valence-electron chi connectivity index (χ3n) is 5.62. The van der Waals surface area contributed by atoms with Crippen molar-refractivity contribution in [3.63, 3.8) is 0 Å². The van der Waals surface area contributed by atoms with E-state index in [1.54, 1.807) is 36.4 Å². The van der Waals surface area contributed by atoms with Crippen LogP contribution < -0.4 is 9.47 Å². The Morgan fingerprint density at radius 2 is 1.56 bits per heavy atom. The fourth-order valence-electron chi connectivity index (χ4n) is 3.86. The molecule has 0 aromatic heterocycles. The predicted molar refractivity (Wildman–Crippen MR) is 140 cm³/mol. The molecule has 0 spiro atoms. The van der Waals surface area contributed by atoms with E-state index >= 15 is 0 Å². The number of ether oxygens (including phenoxy) is 2. The Kier molecular flexibility index (Phi) is 6.82. The van der Waals surface area contributed by atoms with Crippen molar-refractivity contribution in [1.82, 2.24) is 4.90 Å². The Balaban J connectivity index is 1.32. The number of imide groups is 1. The van der Waals surface area contributed by atoms with Gasteiger partial charge in [0.1, 0.15) is 18.1 Å². The van der Waals surface area contributed by atoms with Gasteiger partial charge in [0.15, 0.2) is 0 Å². The highest BCUT2D eigenvalue weighted by molar-refractivity contribution is 8.18. The number of esters is 1. The van der Waals surface area contributed by atoms with Crippen LogP contribution in [0, 0.1) is 0 Å². The summed E-state index contributed by atoms with van der Waals surface area (Å²) in [6, 6.07) is 29.2. The number of fused-ring (bicyclic) bond motifs is 1. The molecule has 2 amide bonds. The summed E-state index contributed by atoms with van der Waals surface area (Å²) in [6.07, 6.45) is 1.58. The zero-order valence-electron chi connectivity index (χ0n) is 19.1. The highest BCUT2D eigenvalue weighted by Gasteiger charge is 2.35. The van der Waals surface area contributed by atoms with E-state index in [-0.39, 0.29) is 23.3 Å². The summed E-state index contributed by atoms with van der Waals surface area (Å²) in [5, 5.41) is 1.36. The molecule has 4 aromatic carbocycles. The molecule has 0 aliphatic carbocycles. The summed E-state index contributed by atoms with van der Waals surface area (Å²) in [6.45, 7) is 0.323. The Labute approximate surface area is 212 Å². The molecular formula is C29H21NO5S. The zero-order chi connectivity index (χ0) is 24.9. The van der Waals surface area contributed by atoms with Crippen LogP contribution in [0.2, 0.25) is 0 Å². The number of hydrogen-bond donors (Lipinski definition) is 0. The number of carbonyl (C=O) groups is 3. The Morgan fingerprint density at radius 3 is 2.42 bits per heavy atom. The van der Waals surface area contributed by atoms with Crippen LogP contribution in [0.4, 0.5) is 4.79 Å². The van der Waals surface area contributed by atoms with Crippen LogP contribution in [-0.2, 0) is 4.79 Å².